The van der Waals surface area contributed by atoms with Crippen molar-refractivity contribution in [2.24, 2.45) is 5.92 Å². The van der Waals surface area contributed by atoms with Crippen LogP contribution in [0.1, 0.15) is 39.0 Å². The number of halogens is 1. The summed E-state index contributed by atoms with van der Waals surface area (Å²) in [5, 5.41) is 0. The largest absolute Gasteiger partial charge is 0.0829 e. The Morgan fingerprint density at radius 1 is 1.44 bits per heavy atom. The first-order chi connectivity index (χ1) is 4.29. The molecule has 0 unspecified atom stereocenters. The van der Waals surface area contributed by atoms with Crippen molar-refractivity contribution in [3.8, 4) is 0 Å². The third kappa shape index (κ3) is 2.87. The van der Waals surface area contributed by atoms with Crippen molar-refractivity contribution >= 4 is 22.6 Å². The maximum absolute atomic E-state index is 2.53. The molecule has 1 fully saturated rings. The van der Waals surface area contributed by atoms with Crippen LogP contribution in [0.15, 0.2) is 0 Å². The second kappa shape index (κ2) is 3.79. The van der Waals surface area contributed by atoms with Crippen LogP contribution in [0.4, 0.5) is 0 Å². The molecular formula is C8H15I. The molecule has 1 atom stereocenters. The van der Waals surface area contributed by atoms with Gasteiger partial charge in [0.1, 0.15) is 0 Å². The number of hydrogen-bond donors (Lipinski definition) is 0. The predicted octanol–water partition coefficient (Wildman–Crippen LogP) is 3.39. The second-order valence-electron chi connectivity index (χ2n) is 3.17. The Hall–Kier alpha value is 0.730. The van der Waals surface area contributed by atoms with E-state index < -0.39 is 0 Å². The highest BCUT2D eigenvalue weighted by atomic mass is 127. The number of rotatable bonds is 2. The zero-order chi connectivity index (χ0) is 6.69. The average molecular weight is 238 g/mol. The Bertz CT molecular complexity index is 72.6. The van der Waals surface area contributed by atoms with Gasteiger partial charge in [-0.05, 0) is 12.3 Å². The molecule has 1 aliphatic carbocycles. The summed E-state index contributed by atoms with van der Waals surface area (Å²) in [5.41, 5.74) is 0. The van der Waals surface area contributed by atoms with Crippen molar-refractivity contribution in [2.75, 3.05) is 0 Å². The Morgan fingerprint density at radius 2 is 2.00 bits per heavy atom. The molecule has 1 saturated carbocycles. The minimum absolute atomic E-state index is 0.894. The molecule has 9 heavy (non-hydrogen) atoms. The third-order valence-corrected chi connectivity index (χ3v) is 2.64. The maximum Gasteiger partial charge on any atom is 0.00839 e. The van der Waals surface area contributed by atoms with Gasteiger partial charge in [0.2, 0.25) is 0 Å². The fourth-order valence-corrected chi connectivity index (χ4v) is 2.42. The summed E-state index contributed by atoms with van der Waals surface area (Å²) >= 11 is 2.53. The monoisotopic (exact) mass is 238 g/mol. The molecule has 0 saturated heterocycles. The smallest absolute Gasteiger partial charge is 0.00839 e. The molecule has 0 spiro atoms. The normalized spacial score (nSPS) is 24.7. The van der Waals surface area contributed by atoms with Crippen molar-refractivity contribution in [3.05, 3.63) is 0 Å². The molecule has 0 N–H and O–H groups in total. The molecule has 0 aliphatic heterocycles. The van der Waals surface area contributed by atoms with E-state index in [-0.39, 0.29) is 0 Å². The summed E-state index contributed by atoms with van der Waals surface area (Å²) in [6.07, 6.45) is 7.46. The van der Waals surface area contributed by atoms with Gasteiger partial charge in [-0.1, -0.05) is 55.2 Å². The molecule has 0 heterocycles. The van der Waals surface area contributed by atoms with E-state index in [1.807, 2.05) is 0 Å². The van der Waals surface area contributed by atoms with Crippen molar-refractivity contribution in [3.63, 3.8) is 0 Å². The fourth-order valence-electron chi connectivity index (χ4n) is 1.71. The molecule has 54 valence electrons. The highest BCUT2D eigenvalue weighted by Gasteiger charge is 2.15. The lowest BCUT2D eigenvalue weighted by Gasteiger charge is -2.09. The maximum atomic E-state index is 2.53. The Balaban J connectivity index is 2.11. The average Bonchev–Trinajstić information content (AvgIpc) is 2.15. The van der Waals surface area contributed by atoms with E-state index in [1.165, 1.54) is 32.1 Å². The first-order valence-corrected chi connectivity index (χ1v) is 5.17. The van der Waals surface area contributed by atoms with E-state index in [4.69, 9.17) is 0 Å². The van der Waals surface area contributed by atoms with Gasteiger partial charge in [0.15, 0.2) is 0 Å². The van der Waals surface area contributed by atoms with Gasteiger partial charge in [0.25, 0.3) is 0 Å². The van der Waals surface area contributed by atoms with Crippen molar-refractivity contribution < 1.29 is 0 Å². The Labute approximate surface area is 71.5 Å². The summed E-state index contributed by atoms with van der Waals surface area (Å²) in [6.45, 7) is 2.32. The van der Waals surface area contributed by atoms with E-state index in [1.54, 1.807) is 0 Å². The highest BCUT2D eigenvalue weighted by molar-refractivity contribution is 14.1. The van der Waals surface area contributed by atoms with Crippen LogP contribution in [0.3, 0.4) is 0 Å². The quantitative estimate of drug-likeness (QED) is 0.511. The first-order valence-electron chi connectivity index (χ1n) is 3.93. The second-order valence-corrected chi connectivity index (χ2v) is 5.29. The van der Waals surface area contributed by atoms with Gasteiger partial charge in [0, 0.05) is 3.92 Å². The molecular weight excluding hydrogens is 223 g/mol. The molecule has 1 aliphatic rings. The van der Waals surface area contributed by atoms with Crippen LogP contribution < -0.4 is 0 Å². The standard InChI is InChI=1S/C8H15I/c1-7(9)6-8-4-2-3-5-8/h7-8H,2-6H2,1H3/t7-/m0/s1. The number of hydrogen-bond acceptors (Lipinski definition) is 0. The van der Waals surface area contributed by atoms with Crippen LogP contribution in [0.2, 0.25) is 0 Å². The van der Waals surface area contributed by atoms with Crippen LogP contribution >= 0.6 is 22.6 Å². The van der Waals surface area contributed by atoms with Gasteiger partial charge in [-0.15, -0.1) is 0 Å². The van der Waals surface area contributed by atoms with E-state index in [0.29, 0.717) is 0 Å². The van der Waals surface area contributed by atoms with E-state index in [9.17, 15) is 0 Å². The predicted molar refractivity (Wildman–Crippen MR) is 50.1 cm³/mol. The summed E-state index contributed by atoms with van der Waals surface area (Å²) in [6, 6.07) is 0. The van der Waals surface area contributed by atoms with Crippen LogP contribution in [-0.4, -0.2) is 3.92 Å². The number of alkyl halides is 1. The van der Waals surface area contributed by atoms with E-state index in [2.05, 4.69) is 29.5 Å². The van der Waals surface area contributed by atoms with Crippen molar-refractivity contribution in [1.29, 1.82) is 0 Å². The molecule has 0 bridgehead atoms. The van der Waals surface area contributed by atoms with Crippen LogP contribution in [0.25, 0.3) is 0 Å². The molecule has 1 rings (SSSR count). The molecule has 0 aromatic rings. The van der Waals surface area contributed by atoms with Crippen molar-refractivity contribution in [1.82, 2.24) is 0 Å². The molecule has 0 aromatic carbocycles. The SMILES string of the molecule is C[C@H](I)CC1CCCC1. The van der Waals surface area contributed by atoms with Gasteiger partial charge in [-0.25, -0.2) is 0 Å². The van der Waals surface area contributed by atoms with E-state index in [0.717, 1.165) is 9.84 Å². The first kappa shape index (κ1) is 7.83. The van der Waals surface area contributed by atoms with E-state index >= 15 is 0 Å². The third-order valence-electron chi connectivity index (χ3n) is 2.13. The highest BCUT2D eigenvalue weighted by Crippen LogP contribution is 2.30. The Morgan fingerprint density at radius 3 is 2.44 bits per heavy atom. The summed E-state index contributed by atoms with van der Waals surface area (Å²) in [5.74, 6) is 1.08. The Kier molecular flexibility index (Phi) is 3.30. The zero-order valence-corrected chi connectivity index (χ0v) is 8.23. The van der Waals surface area contributed by atoms with Gasteiger partial charge >= 0.3 is 0 Å². The lowest BCUT2D eigenvalue weighted by Crippen LogP contribution is -1.99. The fraction of sp³-hybridized carbons (Fsp3) is 1.00. The molecule has 0 aromatic heterocycles. The minimum Gasteiger partial charge on any atom is -0.0829 e. The van der Waals surface area contributed by atoms with Crippen molar-refractivity contribution in [2.45, 2.75) is 43.0 Å². The topological polar surface area (TPSA) is 0 Å². The van der Waals surface area contributed by atoms with Crippen LogP contribution in [-0.2, 0) is 0 Å². The minimum atomic E-state index is 0.894. The molecule has 0 amide bonds. The molecule has 0 radical (unpaired) electrons. The summed E-state index contributed by atoms with van der Waals surface area (Å²) < 4.78 is 0.894. The van der Waals surface area contributed by atoms with Gasteiger partial charge in [-0.3, -0.25) is 0 Å². The van der Waals surface area contributed by atoms with Gasteiger partial charge in [0.05, 0.1) is 0 Å². The summed E-state index contributed by atoms with van der Waals surface area (Å²) in [7, 11) is 0. The van der Waals surface area contributed by atoms with Crippen LogP contribution in [0.5, 0.6) is 0 Å². The lowest BCUT2D eigenvalue weighted by molar-refractivity contribution is 0.509. The molecule has 0 nitrogen and oxygen atoms in total. The van der Waals surface area contributed by atoms with Crippen LogP contribution in [0, 0.1) is 5.92 Å². The zero-order valence-electron chi connectivity index (χ0n) is 6.07. The summed E-state index contributed by atoms with van der Waals surface area (Å²) in [4.78, 5) is 0. The lowest BCUT2D eigenvalue weighted by atomic mass is 10.0. The van der Waals surface area contributed by atoms with Gasteiger partial charge < -0.3 is 0 Å². The van der Waals surface area contributed by atoms with Gasteiger partial charge in [-0.2, -0.15) is 0 Å². The molecule has 1 heteroatoms.